The number of carboxylic acids is 1. The molecule has 3 rings (SSSR count). The predicted molar refractivity (Wildman–Crippen MR) is 100 cm³/mol. The van der Waals surface area contributed by atoms with E-state index in [1.54, 1.807) is 19.2 Å². The molecule has 1 saturated heterocycles. The summed E-state index contributed by atoms with van der Waals surface area (Å²) < 4.78 is 5.18. The van der Waals surface area contributed by atoms with Gasteiger partial charge in [0.1, 0.15) is 5.75 Å². The Balaban J connectivity index is 1.49. The Morgan fingerprint density at radius 3 is 2.48 bits per heavy atom. The van der Waals surface area contributed by atoms with Crippen LogP contribution in [-0.4, -0.2) is 51.7 Å². The van der Waals surface area contributed by atoms with Crippen molar-refractivity contribution in [2.24, 2.45) is 0 Å². The summed E-state index contributed by atoms with van der Waals surface area (Å²) in [5, 5.41) is 13.7. The fourth-order valence-electron chi connectivity index (χ4n) is 3.21. The van der Waals surface area contributed by atoms with Crippen LogP contribution >= 0.6 is 0 Å². The number of benzene rings is 2. The molecule has 0 bridgehead atoms. The number of methoxy groups -OCH3 is 1. The van der Waals surface area contributed by atoms with Gasteiger partial charge < -0.3 is 29.8 Å². The number of quaternary nitrogens is 1. The van der Waals surface area contributed by atoms with Gasteiger partial charge in [-0.3, -0.25) is 4.79 Å². The molecule has 0 radical (unpaired) electrons. The van der Waals surface area contributed by atoms with E-state index in [0.29, 0.717) is 12.2 Å². The van der Waals surface area contributed by atoms with E-state index < -0.39 is 5.97 Å². The summed E-state index contributed by atoms with van der Waals surface area (Å²) in [7, 11) is 1.65. The molecular weight excluding hydrogens is 346 g/mol. The lowest BCUT2D eigenvalue weighted by Gasteiger charge is -2.33. The average Bonchev–Trinajstić information content (AvgIpc) is 2.69. The molecule has 0 aliphatic carbocycles. The van der Waals surface area contributed by atoms with E-state index >= 15 is 0 Å². The Hall–Kier alpha value is -3.06. The number of anilines is 2. The first kappa shape index (κ1) is 18.7. The lowest BCUT2D eigenvalue weighted by atomic mass is 10.2. The molecule has 0 saturated carbocycles. The zero-order valence-corrected chi connectivity index (χ0v) is 15.2. The number of carbonyl (C=O) groups is 2. The van der Waals surface area contributed by atoms with E-state index in [1.807, 2.05) is 24.3 Å². The average molecular weight is 369 g/mol. The molecule has 0 atom stereocenters. The van der Waals surface area contributed by atoms with Crippen LogP contribution in [0.5, 0.6) is 5.75 Å². The highest BCUT2D eigenvalue weighted by molar-refractivity contribution is 5.93. The van der Waals surface area contributed by atoms with Crippen LogP contribution in [0, 0.1) is 0 Å². The first-order chi connectivity index (χ1) is 13.0. The summed E-state index contributed by atoms with van der Waals surface area (Å²) in [6.07, 6.45) is 0. The lowest BCUT2D eigenvalue weighted by Crippen LogP contribution is -3.15. The normalized spacial score (nSPS) is 14.6. The molecule has 0 spiro atoms. The zero-order valence-electron chi connectivity index (χ0n) is 15.2. The Labute approximate surface area is 158 Å². The van der Waals surface area contributed by atoms with E-state index in [1.165, 1.54) is 17.0 Å². The van der Waals surface area contributed by atoms with Crippen molar-refractivity contribution in [1.82, 2.24) is 0 Å². The minimum atomic E-state index is -1.26. The number of rotatable bonds is 6. The molecule has 7 nitrogen and oxygen atoms in total. The van der Waals surface area contributed by atoms with Crippen LogP contribution < -0.4 is 25.0 Å². The lowest BCUT2D eigenvalue weighted by molar-refractivity contribution is -0.892. The maximum atomic E-state index is 12.3. The summed E-state index contributed by atoms with van der Waals surface area (Å²) in [6, 6.07) is 14.1. The SMILES string of the molecule is COc1ccc(N2CC[NH+](CC(=O)Nc3cccc(C(=O)[O-])c3)CC2)cc1. The molecule has 142 valence electrons. The maximum Gasteiger partial charge on any atom is 0.279 e. The standard InChI is InChI=1S/C20H23N3O4/c1-27-18-7-5-17(6-8-18)23-11-9-22(10-12-23)14-19(24)21-16-4-2-3-15(13-16)20(25)26/h2-8,13H,9-12,14H2,1H3,(H,21,24)(H,25,26). The second kappa shape index (κ2) is 8.55. The van der Waals surface area contributed by atoms with Crippen molar-refractivity contribution < 1.29 is 24.3 Å². The molecule has 7 heteroatoms. The van der Waals surface area contributed by atoms with Crippen LogP contribution in [0.15, 0.2) is 48.5 Å². The number of hydrogen-bond acceptors (Lipinski definition) is 5. The molecule has 1 amide bonds. The molecule has 0 unspecified atom stereocenters. The van der Waals surface area contributed by atoms with Crippen molar-refractivity contribution >= 4 is 23.3 Å². The minimum Gasteiger partial charge on any atom is -0.545 e. The van der Waals surface area contributed by atoms with Crippen LogP contribution in [0.3, 0.4) is 0 Å². The number of amides is 1. The number of carbonyl (C=O) groups excluding carboxylic acids is 2. The van der Waals surface area contributed by atoms with Gasteiger partial charge in [0.25, 0.3) is 5.91 Å². The van der Waals surface area contributed by atoms with Gasteiger partial charge in [0.2, 0.25) is 0 Å². The summed E-state index contributed by atoms with van der Waals surface area (Å²) in [5.74, 6) is -0.549. The van der Waals surface area contributed by atoms with Crippen LogP contribution in [0.25, 0.3) is 0 Å². The van der Waals surface area contributed by atoms with Gasteiger partial charge in [-0.1, -0.05) is 12.1 Å². The number of hydrogen-bond donors (Lipinski definition) is 2. The number of ether oxygens (including phenoxy) is 1. The van der Waals surface area contributed by atoms with E-state index in [0.717, 1.165) is 37.6 Å². The van der Waals surface area contributed by atoms with E-state index in [4.69, 9.17) is 4.74 Å². The smallest absolute Gasteiger partial charge is 0.279 e. The molecular formula is C20H23N3O4. The minimum absolute atomic E-state index is 0.0493. The molecule has 2 aromatic carbocycles. The number of aromatic carboxylic acids is 1. The summed E-state index contributed by atoms with van der Waals surface area (Å²) in [6.45, 7) is 3.81. The topological polar surface area (TPSA) is 86.1 Å². The highest BCUT2D eigenvalue weighted by Gasteiger charge is 2.22. The quantitative estimate of drug-likeness (QED) is 0.710. The Bertz CT molecular complexity index is 799. The number of nitrogens with one attached hydrogen (secondary N) is 2. The molecule has 2 aromatic rings. The second-order valence-electron chi connectivity index (χ2n) is 6.53. The van der Waals surface area contributed by atoms with Crippen molar-refractivity contribution in [1.29, 1.82) is 0 Å². The third kappa shape index (κ3) is 4.98. The molecule has 27 heavy (non-hydrogen) atoms. The highest BCUT2D eigenvalue weighted by Crippen LogP contribution is 2.19. The van der Waals surface area contributed by atoms with Gasteiger partial charge >= 0.3 is 0 Å². The predicted octanol–water partition coefficient (Wildman–Crippen LogP) is -0.598. The van der Waals surface area contributed by atoms with Crippen molar-refractivity contribution in [3.8, 4) is 5.75 Å². The zero-order chi connectivity index (χ0) is 19.2. The Morgan fingerprint density at radius 2 is 1.85 bits per heavy atom. The fourth-order valence-corrected chi connectivity index (χ4v) is 3.21. The van der Waals surface area contributed by atoms with Gasteiger partial charge in [-0.2, -0.15) is 0 Å². The second-order valence-corrected chi connectivity index (χ2v) is 6.53. The number of carboxylic acid groups (broad SMARTS) is 1. The van der Waals surface area contributed by atoms with Gasteiger partial charge in [0.15, 0.2) is 6.54 Å². The first-order valence-electron chi connectivity index (χ1n) is 8.89. The van der Waals surface area contributed by atoms with Gasteiger partial charge in [-0.25, -0.2) is 0 Å². The molecule has 1 fully saturated rings. The van der Waals surface area contributed by atoms with Gasteiger partial charge in [-0.05, 0) is 42.0 Å². The largest absolute Gasteiger partial charge is 0.545 e. The third-order valence-corrected chi connectivity index (χ3v) is 4.70. The van der Waals surface area contributed by atoms with Gasteiger partial charge in [0.05, 0.1) is 39.3 Å². The third-order valence-electron chi connectivity index (χ3n) is 4.70. The molecule has 2 N–H and O–H groups in total. The van der Waals surface area contributed by atoms with Crippen LogP contribution in [-0.2, 0) is 4.79 Å². The highest BCUT2D eigenvalue weighted by atomic mass is 16.5. The van der Waals surface area contributed by atoms with Crippen LogP contribution in [0.1, 0.15) is 10.4 Å². The summed E-state index contributed by atoms with van der Waals surface area (Å²) in [4.78, 5) is 26.7. The Kier molecular flexibility index (Phi) is 5.93. The monoisotopic (exact) mass is 369 g/mol. The van der Waals surface area contributed by atoms with E-state index in [-0.39, 0.29) is 11.5 Å². The van der Waals surface area contributed by atoms with Gasteiger partial charge in [0, 0.05) is 11.4 Å². The first-order valence-corrected chi connectivity index (χ1v) is 8.89. The maximum absolute atomic E-state index is 12.3. The van der Waals surface area contributed by atoms with E-state index in [9.17, 15) is 14.7 Å². The van der Waals surface area contributed by atoms with Crippen molar-refractivity contribution in [3.05, 3.63) is 54.1 Å². The molecule has 1 heterocycles. The Morgan fingerprint density at radius 1 is 1.15 bits per heavy atom. The molecule has 0 aromatic heterocycles. The summed E-state index contributed by atoms with van der Waals surface area (Å²) >= 11 is 0. The number of piperazine rings is 1. The van der Waals surface area contributed by atoms with Crippen molar-refractivity contribution in [2.45, 2.75) is 0 Å². The van der Waals surface area contributed by atoms with E-state index in [2.05, 4.69) is 10.2 Å². The van der Waals surface area contributed by atoms with Crippen LogP contribution in [0.4, 0.5) is 11.4 Å². The fraction of sp³-hybridized carbons (Fsp3) is 0.300. The van der Waals surface area contributed by atoms with Crippen molar-refractivity contribution in [2.75, 3.05) is 50.1 Å². The van der Waals surface area contributed by atoms with Gasteiger partial charge in [-0.15, -0.1) is 0 Å². The molecule has 1 aliphatic rings. The summed E-state index contributed by atoms with van der Waals surface area (Å²) in [5.41, 5.74) is 1.67. The van der Waals surface area contributed by atoms with Crippen LogP contribution in [0.2, 0.25) is 0 Å². The van der Waals surface area contributed by atoms with Crippen molar-refractivity contribution in [3.63, 3.8) is 0 Å². The number of nitrogens with zero attached hydrogens (tertiary/aromatic N) is 1. The molecule has 1 aliphatic heterocycles.